The van der Waals surface area contributed by atoms with Crippen LogP contribution in [0.25, 0.3) is 0 Å². The molecule has 0 aromatic heterocycles. The van der Waals surface area contributed by atoms with Gasteiger partial charge in [0, 0.05) is 6.07 Å². The zero-order valence-corrected chi connectivity index (χ0v) is 8.95. The molecule has 0 fully saturated rings. The second-order valence-electron chi connectivity index (χ2n) is 3.52. The summed E-state index contributed by atoms with van der Waals surface area (Å²) < 4.78 is 0. The summed E-state index contributed by atoms with van der Waals surface area (Å²) >= 11 is 0. The molecule has 1 unspecified atom stereocenters. The number of hydrogen-bond donors (Lipinski definition) is 1. The molecule has 0 radical (unpaired) electrons. The van der Waals surface area contributed by atoms with Gasteiger partial charge in [-0.25, -0.2) is 0 Å². The van der Waals surface area contributed by atoms with Gasteiger partial charge in [-0.1, -0.05) is 12.1 Å². The van der Waals surface area contributed by atoms with E-state index < -0.39 is 16.9 Å². The van der Waals surface area contributed by atoms with Crippen molar-refractivity contribution < 1.29 is 14.8 Å². The zero-order valence-electron chi connectivity index (χ0n) is 8.95. The average molecular weight is 224 g/mol. The molecule has 86 valence electrons. The molecule has 1 aromatic rings. The summed E-state index contributed by atoms with van der Waals surface area (Å²) in [5.74, 6) is -1.11. The summed E-state index contributed by atoms with van der Waals surface area (Å²) in [7, 11) is 3.13. The van der Waals surface area contributed by atoms with Crippen molar-refractivity contribution in [2.24, 2.45) is 0 Å². The van der Waals surface area contributed by atoms with Crippen LogP contribution in [0.2, 0.25) is 0 Å². The van der Waals surface area contributed by atoms with Gasteiger partial charge in [-0.3, -0.25) is 19.8 Å². The lowest BCUT2D eigenvalue weighted by Gasteiger charge is -2.19. The quantitative estimate of drug-likeness (QED) is 0.615. The summed E-state index contributed by atoms with van der Waals surface area (Å²) in [5, 5.41) is 19.8. The standard InChI is InChI=1S/C10H12N2O4/c1-11(2)9(10(13)14)7-5-3-4-6-8(7)12(15)16/h3-6,9H,1-2H3,(H,13,14). The molecule has 0 spiro atoms. The van der Waals surface area contributed by atoms with Crippen molar-refractivity contribution in [2.45, 2.75) is 6.04 Å². The van der Waals surface area contributed by atoms with Gasteiger partial charge in [0.1, 0.15) is 6.04 Å². The third-order valence-corrected chi connectivity index (χ3v) is 2.18. The van der Waals surface area contributed by atoms with Crippen LogP contribution < -0.4 is 0 Å². The monoisotopic (exact) mass is 224 g/mol. The van der Waals surface area contributed by atoms with Crippen molar-refractivity contribution >= 4 is 11.7 Å². The number of carbonyl (C=O) groups is 1. The van der Waals surface area contributed by atoms with Crippen LogP contribution in [0.15, 0.2) is 24.3 Å². The molecule has 1 N–H and O–H groups in total. The Hall–Kier alpha value is -1.95. The Balaban J connectivity index is 3.29. The Bertz CT molecular complexity index is 417. The highest BCUT2D eigenvalue weighted by atomic mass is 16.6. The summed E-state index contributed by atoms with van der Waals surface area (Å²) in [6, 6.07) is 4.84. The average Bonchev–Trinajstić information content (AvgIpc) is 2.17. The highest BCUT2D eigenvalue weighted by Crippen LogP contribution is 2.27. The van der Waals surface area contributed by atoms with Crippen molar-refractivity contribution in [3.8, 4) is 0 Å². The first-order valence-electron chi connectivity index (χ1n) is 4.57. The first-order valence-corrected chi connectivity index (χ1v) is 4.57. The van der Waals surface area contributed by atoms with E-state index in [9.17, 15) is 14.9 Å². The molecule has 1 atom stereocenters. The van der Waals surface area contributed by atoms with Crippen molar-refractivity contribution in [2.75, 3.05) is 14.1 Å². The minimum absolute atomic E-state index is 0.177. The number of nitro groups is 1. The lowest BCUT2D eigenvalue weighted by molar-refractivity contribution is -0.385. The number of benzene rings is 1. The summed E-state index contributed by atoms with van der Waals surface area (Å²) in [6.07, 6.45) is 0. The van der Waals surface area contributed by atoms with Gasteiger partial charge in [0.15, 0.2) is 0 Å². The maximum absolute atomic E-state index is 11.1. The first-order chi connectivity index (χ1) is 7.45. The van der Waals surface area contributed by atoms with E-state index in [0.717, 1.165) is 0 Å². The smallest absolute Gasteiger partial charge is 0.325 e. The third kappa shape index (κ3) is 2.34. The molecule has 1 aromatic carbocycles. The van der Waals surface area contributed by atoms with Crippen LogP contribution in [0, 0.1) is 10.1 Å². The van der Waals surface area contributed by atoms with E-state index in [4.69, 9.17) is 5.11 Å². The molecular formula is C10H12N2O4. The Kier molecular flexibility index (Phi) is 3.57. The predicted molar refractivity (Wildman–Crippen MR) is 57.2 cm³/mol. The van der Waals surface area contributed by atoms with E-state index in [0.29, 0.717) is 0 Å². The van der Waals surface area contributed by atoms with Gasteiger partial charge in [-0.15, -0.1) is 0 Å². The molecule has 0 aliphatic carbocycles. The van der Waals surface area contributed by atoms with E-state index in [2.05, 4.69) is 0 Å². The fourth-order valence-corrected chi connectivity index (χ4v) is 1.52. The van der Waals surface area contributed by atoms with Gasteiger partial charge in [0.2, 0.25) is 0 Å². The molecule has 0 bridgehead atoms. The molecular weight excluding hydrogens is 212 g/mol. The number of likely N-dealkylation sites (N-methyl/N-ethyl adjacent to an activating group) is 1. The van der Waals surface area contributed by atoms with Crippen LogP contribution in [0.1, 0.15) is 11.6 Å². The largest absolute Gasteiger partial charge is 0.480 e. The SMILES string of the molecule is CN(C)C(C(=O)O)c1ccccc1[N+](=O)[O-]. The zero-order chi connectivity index (χ0) is 12.3. The summed E-state index contributed by atoms with van der Waals surface area (Å²) in [5.41, 5.74) is 0.00796. The summed E-state index contributed by atoms with van der Waals surface area (Å²) in [4.78, 5) is 22.7. The van der Waals surface area contributed by atoms with E-state index in [1.807, 2.05) is 0 Å². The highest BCUT2D eigenvalue weighted by Gasteiger charge is 2.28. The van der Waals surface area contributed by atoms with Crippen LogP contribution in [0.4, 0.5) is 5.69 Å². The van der Waals surface area contributed by atoms with E-state index in [-0.39, 0.29) is 11.3 Å². The number of hydrogen-bond acceptors (Lipinski definition) is 4. The second-order valence-corrected chi connectivity index (χ2v) is 3.52. The third-order valence-electron chi connectivity index (χ3n) is 2.18. The van der Waals surface area contributed by atoms with Crippen LogP contribution in [0.5, 0.6) is 0 Å². The maximum Gasteiger partial charge on any atom is 0.325 e. The van der Waals surface area contributed by atoms with Crippen LogP contribution in [-0.2, 0) is 4.79 Å². The molecule has 6 nitrogen and oxygen atoms in total. The van der Waals surface area contributed by atoms with Crippen LogP contribution in [-0.4, -0.2) is 35.0 Å². The predicted octanol–water partition coefficient (Wildman–Crippen LogP) is 1.28. The molecule has 0 amide bonds. The number of nitrogens with zero attached hydrogens (tertiary/aromatic N) is 2. The number of carboxylic acids is 1. The topological polar surface area (TPSA) is 83.7 Å². The van der Waals surface area contributed by atoms with Gasteiger partial charge in [0.05, 0.1) is 10.5 Å². The van der Waals surface area contributed by atoms with Crippen molar-refractivity contribution in [1.82, 2.24) is 4.90 Å². The van der Waals surface area contributed by atoms with Crippen LogP contribution in [0.3, 0.4) is 0 Å². The lowest BCUT2D eigenvalue weighted by Crippen LogP contribution is -2.28. The Morgan fingerprint density at radius 2 is 2.00 bits per heavy atom. The second kappa shape index (κ2) is 4.71. The maximum atomic E-state index is 11.1. The van der Waals surface area contributed by atoms with Crippen molar-refractivity contribution in [3.05, 3.63) is 39.9 Å². The van der Waals surface area contributed by atoms with Gasteiger partial charge in [-0.05, 0) is 20.2 Å². The number of rotatable bonds is 4. The minimum atomic E-state index is -1.11. The molecule has 16 heavy (non-hydrogen) atoms. The molecule has 1 rings (SSSR count). The summed E-state index contributed by atoms with van der Waals surface area (Å²) in [6.45, 7) is 0. The van der Waals surface area contributed by atoms with E-state index in [1.165, 1.54) is 23.1 Å². The van der Waals surface area contributed by atoms with Gasteiger partial charge >= 0.3 is 5.97 Å². The van der Waals surface area contributed by atoms with E-state index in [1.54, 1.807) is 20.2 Å². The van der Waals surface area contributed by atoms with E-state index >= 15 is 0 Å². The fourth-order valence-electron chi connectivity index (χ4n) is 1.52. The molecule has 0 aliphatic rings. The highest BCUT2D eigenvalue weighted by molar-refractivity contribution is 5.77. The molecule has 0 heterocycles. The number of aliphatic carboxylic acids is 1. The van der Waals surface area contributed by atoms with Crippen LogP contribution >= 0.6 is 0 Å². The van der Waals surface area contributed by atoms with Gasteiger partial charge < -0.3 is 5.11 Å². The normalized spacial score (nSPS) is 12.4. The molecule has 0 saturated carbocycles. The Labute approximate surface area is 92.3 Å². The number of nitro benzene ring substituents is 1. The van der Waals surface area contributed by atoms with Gasteiger partial charge in [-0.2, -0.15) is 0 Å². The fraction of sp³-hybridized carbons (Fsp3) is 0.300. The number of para-hydroxylation sites is 1. The molecule has 0 saturated heterocycles. The van der Waals surface area contributed by atoms with Crippen molar-refractivity contribution in [3.63, 3.8) is 0 Å². The lowest BCUT2D eigenvalue weighted by atomic mass is 10.0. The Morgan fingerprint density at radius 3 is 2.44 bits per heavy atom. The molecule has 0 aliphatic heterocycles. The van der Waals surface area contributed by atoms with Crippen molar-refractivity contribution in [1.29, 1.82) is 0 Å². The first kappa shape index (κ1) is 12.1. The molecule has 6 heteroatoms. The minimum Gasteiger partial charge on any atom is -0.480 e. The van der Waals surface area contributed by atoms with Gasteiger partial charge in [0.25, 0.3) is 5.69 Å². The Morgan fingerprint density at radius 1 is 1.44 bits per heavy atom. The number of carboxylic acid groups (broad SMARTS) is 1.